The predicted octanol–water partition coefficient (Wildman–Crippen LogP) is -2.83. The molecule has 1 rings (SSSR count). The van der Waals surface area contributed by atoms with Crippen LogP contribution in [0.15, 0.2) is 0 Å². The molecule has 3 nitrogen and oxygen atoms in total. The second-order valence-corrected chi connectivity index (χ2v) is 5.48. The molecule has 1 aliphatic heterocycles. The molecular weight excluding hydrogens is 241 g/mol. The minimum atomic E-state index is -2.60. The standard InChI is InChI=1S/C4H7O2S.CH3NS2.K/c5-7(6)3-1-2-4-7;2-1(3)4;/h1H,2-4H2;(H3,2,3,4);/q-1;;+1. The van der Waals surface area contributed by atoms with Crippen LogP contribution in [0.1, 0.15) is 6.42 Å². The number of hydrogen-bond acceptors (Lipinski definition) is 3. The largest absolute Gasteiger partial charge is 1.00 e. The van der Waals surface area contributed by atoms with Crippen LogP contribution in [0.5, 0.6) is 0 Å². The van der Waals surface area contributed by atoms with Crippen LogP contribution in [-0.2, 0) is 9.84 Å². The zero-order valence-corrected chi connectivity index (χ0v) is 12.5. The van der Waals surface area contributed by atoms with Gasteiger partial charge in [-0.3, -0.25) is 0 Å². The van der Waals surface area contributed by atoms with Crippen molar-refractivity contribution in [2.75, 3.05) is 11.5 Å². The molecule has 1 fully saturated rings. The maximum atomic E-state index is 10.4. The maximum Gasteiger partial charge on any atom is 1.00 e. The predicted molar refractivity (Wildman–Crippen MR) is 53.3 cm³/mol. The summed E-state index contributed by atoms with van der Waals surface area (Å²) in [5.41, 5.74) is 4.71. The van der Waals surface area contributed by atoms with Crippen LogP contribution in [0.3, 0.4) is 0 Å². The van der Waals surface area contributed by atoms with E-state index in [1.54, 1.807) is 6.42 Å². The first kappa shape index (κ1) is 16.3. The van der Waals surface area contributed by atoms with Gasteiger partial charge in [-0.25, -0.2) is 8.42 Å². The number of hydrogen-bond donors (Lipinski definition) is 2. The molecule has 0 spiro atoms. The van der Waals surface area contributed by atoms with Gasteiger partial charge in [0.1, 0.15) is 14.2 Å². The molecule has 2 N–H and O–H groups in total. The Morgan fingerprint density at radius 3 is 2.08 bits per heavy atom. The summed E-state index contributed by atoms with van der Waals surface area (Å²) < 4.78 is 21.0. The Bertz CT molecular complexity index is 211. The molecule has 0 unspecified atom stereocenters. The Balaban J connectivity index is 0. The first-order chi connectivity index (χ1) is 4.94. The third-order valence-electron chi connectivity index (χ3n) is 1.00. The molecule has 0 aromatic rings. The Kier molecular flexibility index (Phi) is 11.1. The van der Waals surface area contributed by atoms with Crippen LogP contribution in [-0.4, -0.2) is 24.2 Å². The van der Waals surface area contributed by atoms with Crippen molar-refractivity contribution in [1.82, 2.24) is 0 Å². The smallest absolute Gasteiger partial charge is 0.385 e. The second kappa shape index (κ2) is 8.16. The van der Waals surface area contributed by atoms with E-state index < -0.39 is 9.84 Å². The molecule has 7 heteroatoms. The fraction of sp³-hybridized carbons (Fsp3) is 0.600. The molecule has 1 aliphatic rings. The van der Waals surface area contributed by atoms with Crippen molar-refractivity contribution in [3.63, 3.8) is 0 Å². The van der Waals surface area contributed by atoms with Crippen LogP contribution >= 0.6 is 24.8 Å². The zero-order chi connectivity index (χ0) is 8.91. The fourth-order valence-corrected chi connectivity index (χ4v) is 1.83. The molecule has 66 valence electrons. The van der Waals surface area contributed by atoms with Gasteiger partial charge in [0.15, 0.2) is 0 Å². The molecule has 1 saturated heterocycles. The van der Waals surface area contributed by atoms with Gasteiger partial charge in [0, 0.05) is 5.75 Å². The topological polar surface area (TPSA) is 60.2 Å². The summed E-state index contributed by atoms with van der Waals surface area (Å²) in [5, 5.41) is 0. The average molecular weight is 251 g/mol. The molecule has 12 heavy (non-hydrogen) atoms. The van der Waals surface area contributed by atoms with Gasteiger partial charge < -0.3 is 12.2 Å². The van der Waals surface area contributed by atoms with Crippen LogP contribution in [0.4, 0.5) is 0 Å². The van der Waals surface area contributed by atoms with Crippen molar-refractivity contribution in [1.29, 1.82) is 0 Å². The van der Waals surface area contributed by atoms with Crippen molar-refractivity contribution >= 4 is 39.0 Å². The minimum absolute atomic E-state index is 0. The van der Waals surface area contributed by atoms with Crippen molar-refractivity contribution in [3.8, 4) is 0 Å². The summed E-state index contributed by atoms with van der Waals surface area (Å²) in [7, 11) is -2.60. The van der Waals surface area contributed by atoms with E-state index in [4.69, 9.17) is 5.73 Å². The minimum Gasteiger partial charge on any atom is -0.385 e. The maximum absolute atomic E-state index is 10.4. The fourth-order valence-electron chi connectivity index (χ4n) is 0.609. The summed E-state index contributed by atoms with van der Waals surface area (Å²) in [4.78, 5) is 0. The molecule has 0 saturated carbocycles. The molecule has 0 aromatic carbocycles. The van der Waals surface area contributed by atoms with Crippen molar-refractivity contribution < 1.29 is 59.8 Å². The van der Waals surface area contributed by atoms with Crippen molar-refractivity contribution in [2.45, 2.75) is 6.42 Å². The quantitative estimate of drug-likeness (QED) is 0.211. The zero-order valence-electron chi connectivity index (χ0n) is 6.86. The Morgan fingerprint density at radius 2 is 2.00 bits per heavy atom. The van der Waals surface area contributed by atoms with Gasteiger partial charge >= 0.3 is 51.4 Å². The van der Waals surface area contributed by atoms with Crippen molar-refractivity contribution in [3.05, 3.63) is 6.42 Å². The average Bonchev–Trinajstić information content (AvgIpc) is 2.11. The summed E-state index contributed by atoms with van der Waals surface area (Å²) in [5.74, 6) is 0.667. The van der Waals surface area contributed by atoms with E-state index in [0.29, 0.717) is 11.5 Å². The number of thiol groups is 1. The van der Waals surface area contributed by atoms with Gasteiger partial charge in [-0.15, -0.1) is 12.6 Å². The first-order valence-corrected chi connectivity index (χ1v) is 5.62. The third kappa shape index (κ3) is 11.8. The molecular formula is C5H10KNO2S3. The number of thiocarbonyl (C=S) groups is 1. The third-order valence-corrected chi connectivity index (χ3v) is 2.61. The van der Waals surface area contributed by atoms with E-state index in [2.05, 4.69) is 24.8 Å². The molecule has 0 aromatic heterocycles. The van der Waals surface area contributed by atoms with Gasteiger partial charge in [-0.2, -0.15) is 6.42 Å². The van der Waals surface area contributed by atoms with E-state index in [1.807, 2.05) is 0 Å². The van der Waals surface area contributed by atoms with E-state index >= 15 is 0 Å². The number of sulfone groups is 1. The van der Waals surface area contributed by atoms with Crippen LogP contribution < -0.4 is 57.1 Å². The molecule has 0 aliphatic carbocycles. The Hall–Kier alpha value is 1.83. The van der Waals surface area contributed by atoms with Crippen LogP contribution in [0, 0.1) is 6.42 Å². The molecule has 0 radical (unpaired) electrons. The van der Waals surface area contributed by atoms with E-state index in [0.717, 1.165) is 6.42 Å². The molecule has 0 amide bonds. The molecule has 0 atom stereocenters. The van der Waals surface area contributed by atoms with Crippen LogP contribution in [0.2, 0.25) is 0 Å². The van der Waals surface area contributed by atoms with Gasteiger partial charge in [0.2, 0.25) is 0 Å². The first-order valence-electron chi connectivity index (χ1n) is 2.94. The molecule has 0 bridgehead atoms. The summed E-state index contributed by atoms with van der Waals surface area (Å²) in [6.45, 7) is 0. The van der Waals surface area contributed by atoms with Gasteiger partial charge in [0.05, 0.1) is 0 Å². The number of rotatable bonds is 0. The summed E-state index contributed by atoms with van der Waals surface area (Å²) in [6.07, 6.45) is 2.55. The monoisotopic (exact) mass is 251 g/mol. The summed E-state index contributed by atoms with van der Waals surface area (Å²) in [6, 6.07) is 0. The van der Waals surface area contributed by atoms with E-state index in [1.165, 1.54) is 0 Å². The van der Waals surface area contributed by atoms with Gasteiger partial charge in [-0.1, -0.05) is 18.0 Å². The Morgan fingerprint density at radius 1 is 1.58 bits per heavy atom. The van der Waals surface area contributed by atoms with Gasteiger partial charge in [-0.05, 0) is 0 Å². The van der Waals surface area contributed by atoms with Crippen molar-refractivity contribution in [2.24, 2.45) is 5.73 Å². The normalized spacial score (nSPS) is 18.4. The Labute approximate surface area is 127 Å². The van der Waals surface area contributed by atoms with Crippen LogP contribution in [0.25, 0.3) is 0 Å². The second-order valence-electron chi connectivity index (χ2n) is 2.03. The van der Waals surface area contributed by atoms with E-state index in [-0.39, 0.29) is 55.7 Å². The summed E-state index contributed by atoms with van der Waals surface area (Å²) >= 11 is 7.65. The van der Waals surface area contributed by atoms with E-state index in [9.17, 15) is 8.42 Å². The SMILES string of the molecule is NC(=S)S.O=S1(=O)C[CH-]CC1.[K+]. The molecule has 1 heterocycles. The van der Waals surface area contributed by atoms with Gasteiger partial charge in [0.25, 0.3) is 0 Å². The number of nitrogens with two attached hydrogens (primary N) is 1.